The van der Waals surface area contributed by atoms with Crippen molar-refractivity contribution >= 4 is 11.8 Å². The highest BCUT2D eigenvalue weighted by Crippen LogP contribution is 1.98. The standard InChI is InChI=1S/C11H23N3O2/c1-8(12-5)10(16)13-7-6-9(15)14-11(2,3)4/h8,12H,6-7H2,1-5H3,(H,13,16)(H,14,15). The summed E-state index contributed by atoms with van der Waals surface area (Å²) in [6.45, 7) is 7.91. The average molecular weight is 229 g/mol. The molecule has 0 spiro atoms. The fourth-order valence-electron chi connectivity index (χ4n) is 1.06. The van der Waals surface area contributed by atoms with Crippen LogP contribution in [-0.2, 0) is 9.59 Å². The van der Waals surface area contributed by atoms with Crippen LogP contribution in [0.2, 0.25) is 0 Å². The van der Waals surface area contributed by atoms with Gasteiger partial charge in [-0.05, 0) is 34.7 Å². The van der Waals surface area contributed by atoms with E-state index in [1.54, 1.807) is 14.0 Å². The van der Waals surface area contributed by atoms with Crippen LogP contribution in [0, 0.1) is 0 Å². The molecule has 0 rings (SSSR count). The van der Waals surface area contributed by atoms with E-state index in [1.165, 1.54) is 0 Å². The molecule has 1 unspecified atom stereocenters. The van der Waals surface area contributed by atoms with Crippen molar-refractivity contribution in [1.82, 2.24) is 16.0 Å². The molecule has 0 aliphatic carbocycles. The van der Waals surface area contributed by atoms with Crippen LogP contribution in [0.1, 0.15) is 34.1 Å². The van der Waals surface area contributed by atoms with Gasteiger partial charge in [0.15, 0.2) is 0 Å². The largest absolute Gasteiger partial charge is 0.354 e. The summed E-state index contributed by atoms with van der Waals surface area (Å²) >= 11 is 0. The second-order valence-electron chi connectivity index (χ2n) is 4.85. The van der Waals surface area contributed by atoms with Crippen LogP contribution >= 0.6 is 0 Å². The number of nitrogens with one attached hydrogen (secondary N) is 3. The zero-order chi connectivity index (χ0) is 12.8. The van der Waals surface area contributed by atoms with Crippen LogP contribution in [0.4, 0.5) is 0 Å². The lowest BCUT2D eigenvalue weighted by molar-refractivity contribution is -0.123. The van der Waals surface area contributed by atoms with Crippen molar-refractivity contribution in [3.63, 3.8) is 0 Å². The fourth-order valence-corrected chi connectivity index (χ4v) is 1.06. The summed E-state index contributed by atoms with van der Waals surface area (Å²) in [5.74, 6) is -0.143. The molecule has 0 saturated carbocycles. The Bertz CT molecular complexity index is 246. The maximum Gasteiger partial charge on any atom is 0.236 e. The minimum absolute atomic E-state index is 0.0510. The molecular weight excluding hydrogens is 206 g/mol. The highest BCUT2D eigenvalue weighted by Gasteiger charge is 2.14. The topological polar surface area (TPSA) is 70.2 Å². The van der Waals surface area contributed by atoms with E-state index in [9.17, 15) is 9.59 Å². The summed E-state index contributed by atoms with van der Waals surface area (Å²) < 4.78 is 0. The molecule has 5 nitrogen and oxygen atoms in total. The summed E-state index contributed by atoms with van der Waals surface area (Å²) in [6.07, 6.45) is 0.305. The Morgan fingerprint density at radius 3 is 2.25 bits per heavy atom. The lowest BCUT2D eigenvalue weighted by Gasteiger charge is -2.20. The van der Waals surface area contributed by atoms with Gasteiger partial charge in [-0.25, -0.2) is 0 Å². The number of carbonyl (C=O) groups excluding carboxylic acids is 2. The van der Waals surface area contributed by atoms with E-state index in [0.29, 0.717) is 13.0 Å². The van der Waals surface area contributed by atoms with Gasteiger partial charge in [-0.15, -0.1) is 0 Å². The number of hydrogen-bond donors (Lipinski definition) is 3. The summed E-state index contributed by atoms with van der Waals surface area (Å²) in [6, 6.07) is -0.231. The molecule has 3 N–H and O–H groups in total. The molecule has 0 fully saturated rings. The van der Waals surface area contributed by atoms with Crippen molar-refractivity contribution in [1.29, 1.82) is 0 Å². The van der Waals surface area contributed by atoms with Gasteiger partial charge in [-0.1, -0.05) is 0 Å². The molecule has 0 aliphatic rings. The van der Waals surface area contributed by atoms with Crippen molar-refractivity contribution in [2.24, 2.45) is 0 Å². The van der Waals surface area contributed by atoms with Crippen molar-refractivity contribution < 1.29 is 9.59 Å². The minimum Gasteiger partial charge on any atom is -0.354 e. The summed E-state index contributed by atoms with van der Waals surface area (Å²) in [5, 5.41) is 8.35. The third kappa shape index (κ3) is 7.23. The molecule has 2 amide bonds. The first-order chi connectivity index (χ1) is 7.26. The Morgan fingerprint density at radius 1 is 1.25 bits per heavy atom. The maximum atomic E-state index is 11.4. The predicted octanol–water partition coefficient (Wildman–Crippen LogP) is 0.0153. The van der Waals surface area contributed by atoms with E-state index < -0.39 is 0 Å². The smallest absolute Gasteiger partial charge is 0.236 e. The van der Waals surface area contributed by atoms with E-state index in [2.05, 4.69) is 16.0 Å². The van der Waals surface area contributed by atoms with Crippen LogP contribution in [-0.4, -0.2) is 37.0 Å². The van der Waals surface area contributed by atoms with Gasteiger partial charge in [0, 0.05) is 18.5 Å². The van der Waals surface area contributed by atoms with Gasteiger partial charge in [0.25, 0.3) is 0 Å². The van der Waals surface area contributed by atoms with E-state index >= 15 is 0 Å². The zero-order valence-electron chi connectivity index (χ0n) is 10.8. The number of likely N-dealkylation sites (N-methyl/N-ethyl adjacent to an activating group) is 1. The van der Waals surface area contributed by atoms with Gasteiger partial charge in [0.05, 0.1) is 6.04 Å². The van der Waals surface area contributed by atoms with Crippen LogP contribution in [0.15, 0.2) is 0 Å². The molecule has 0 radical (unpaired) electrons. The first-order valence-electron chi connectivity index (χ1n) is 5.52. The van der Waals surface area contributed by atoms with Crippen molar-refractivity contribution in [2.45, 2.75) is 45.7 Å². The fraction of sp³-hybridized carbons (Fsp3) is 0.818. The molecule has 0 aromatic rings. The Morgan fingerprint density at radius 2 is 1.81 bits per heavy atom. The minimum atomic E-state index is -0.231. The highest BCUT2D eigenvalue weighted by molar-refractivity contribution is 5.82. The van der Waals surface area contributed by atoms with Gasteiger partial charge in [-0.3, -0.25) is 9.59 Å². The van der Waals surface area contributed by atoms with E-state index in [4.69, 9.17) is 0 Å². The molecule has 0 aromatic carbocycles. The number of hydrogen-bond acceptors (Lipinski definition) is 3. The Balaban J connectivity index is 3.75. The molecular formula is C11H23N3O2. The van der Waals surface area contributed by atoms with Crippen LogP contribution < -0.4 is 16.0 Å². The number of rotatable bonds is 5. The Hall–Kier alpha value is -1.10. The third-order valence-corrected chi connectivity index (χ3v) is 1.99. The quantitative estimate of drug-likeness (QED) is 0.622. The average Bonchev–Trinajstić information content (AvgIpc) is 2.13. The molecule has 0 aliphatic heterocycles. The third-order valence-electron chi connectivity index (χ3n) is 1.99. The van der Waals surface area contributed by atoms with Gasteiger partial charge in [-0.2, -0.15) is 0 Å². The number of carbonyl (C=O) groups is 2. The van der Waals surface area contributed by atoms with Gasteiger partial charge < -0.3 is 16.0 Å². The van der Waals surface area contributed by atoms with Crippen molar-refractivity contribution in [2.75, 3.05) is 13.6 Å². The summed E-state index contributed by atoms with van der Waals surface area (Å²) in [5.41, 5.74) is -0.223. The Labute approximate surface area is 97.4 Å². The van der Waals surface area contributed by atoms with E-state index in [-0.39, 0.29) is 23.4 Å². The molecule has 5 heteroatoms. The lowest BCUT2D eigenvalue weighted by Crippen LogP contribution is -2.44. The van der Waals surface area contributed by atoms with Crippen molar-refractivity contribution in [3.05, 3.63) is 0 Å². The van der Waals surface area contributed by atoms with Crippen LogP contribution in [0.25, 0.3) is 0 Å². The second-order valence-corrected chi connectivity index (χ2v) is 4.85. The number of amides is 2. The molecule has 0 saturated heterocycles. The van der Waals surface area contributed by atoms with Gasteiger partial charge in [0.2, 0.25) is 11.8 Å². The normalized spacial score (nSPS) is 13.1. The highest BCUT2D eigenvalue weighted by atomic mass is 16.2. The first-order valence-corrected chi connectivity index (χ1v) is 5.52. The molecule has 0 aromatic heterocycles. The van der Waals surface area contributed by atoms with E-state index in [1.807, 2.05) is 20.8 Å². The van der Waals surface area contributed by atoms with Gasteiger partial charge >= 0.3 is 0 Å². The molecule has 1 atom stereocenters. The summed E-state index contributed by atoms with van der Waals surface area (Å²) in [4.78, 5) is 22.7. The maximum absolute atomic E-state index is 11.4. The van der Waals surface area contributed by atoms with Crippen LogP contribution in [0.3, 0.4) is 0 Å². The zero-order valence-corrected chi connectivity index (χ0v) is 10.8. The molecule has 16 heavy (non-hydrogen) atoms. The molecule has 0 heterocycles. The van der Waals surface area contributed by atoms with Gasteiger partial charge in [0.1, 0.15) is 0 Å². The monoisotopic (exact) mass is 229 g/mol. The SMILES string of the molecule is CNC(C)C(=O)NCCC(=O)NC(C)(C)C. The first kappa shape index (κ1) is 14.9. The predicted molar refractivity (Wildman–Crippen MR) is 64.0 cm³/mol. The summed E-state index contributed by atoms with van der Waals surface area (Å²) in [7, 11) is 1.72. The van der Waals surface area contributed by atoms with Crippen molar-refractivity contribution in [3.8, 4) is 0 Å². The second kappa shape index (κ2) is 6.48. The lowest BCUT2D eigenvalue weighted by atomic mass is 10.1. The van der Waals surface area contributed by atoms with Crippen LogP contribution in [0.5, 0.6) is 0 Å². The molecule has 0 bridgehead atoms. The van der Waals surface area contributed by atoms with E-state index in [0.717, 1.165) is 0 Å². The molecule has 94 valence electrons. The Kier molecular flexibility index (Phi) is 6.03.